The topological polar surface area (TPSA) is 37.2 Å². The molecule has 0 amide bonds. The van der Waals surface area contributed by atoms with Crippen molar-refractivity contribution in [1.29, 1.82) is 0 Å². The zero-order valence-corrected chi connectivity index (χ0v) is 13.5. The molecule has 1 heterocycles. The highest BCUT2D eigenvalue weighted by Gasteiger charge is 2.24. The number of para-hydroxylation sites is 1. The smallest absolute Gasteiger partial charge is 0.167 e. The normalized spacial score (nSPS) is 15.3. The summed E-state index contributed by atoms with van der Waals surface area (Å²) in [5.41, 5.74) is 2.03. The average molecular weight is 322 g/mol. The molecule has 0 unspecified atom stereocenters. The summed E-state index contributed by atoms with van der Waals surface area (Å²) in [5, 5.41) is 8.53. The van der Waals surface area contributed by atoms with Gasteiger partial charge in [0, 0.05) is 11.4 Å². The first kappa shape index (κ1) is 14.3. The van der Waals surface area contributed by atoms with Crippen LogP contribution in [0.15, 0.2) is 65.1 Å². The summed E-state index contributed by atoms with van der Waals surface area (Å²) >= 11 is 5.46. The highest BCUT2D eigenvalue weighted by molar-refractivity contribution is 7.80. The fourth-order valence-corrected chi connectivity index (χ4v) is 2.98. The lowest BCUT2D eigenvalue weighted by Gasteiger charge is -2.19. The van der Waals surface area contributed by atoms with E-state index in [1.54, 1.807) is 0 Å². The fraction of sp³-hybridized carbons (Fsp3) is 0.211. The summed E-state index contributed by atoms with van der Waals surface area (Å²) in [6.45, 7) is 0. The Kier molecular flexibility index (Phi) is 3.75. The minimum Gasteiger partial charge on any atom is -0.459 e. The molecule has 1 fully saturated rings. The number of rotatable bonds is 4. The van der Waals surface area contributed by atoms with E-state index in [1.165, 1.54) is 12.8 Å². The predicted molar refractivity (Wildman–Crippen MR) is 96.4 cm³/mol. The molecule has 1 aliphatic rings. The third-order valence-corrected chi connectivity index (χ3v) is 4.29. The molecule has 0 saturated heterocycles. The van der Waals surface area contributed by atoms with Gasteiger partial charge in [0.1, 0.15) is 17.4 Å². The highest BCUT2D eigenvalue weighted by atomic mass is 32.1. The minimum absolute atomic E-state index is 0.0950. The summed E-state index contributed by atoms with van der Waals surface area (Å²) in [6, 6.07) is 20.8. The average Bonchev–Trinajstić information content (AvgIpc) is 3.28. The largest absolute Gasteiger partial charge is 0.459 e. The Balaban J connectivity index is 1.67. The van der Waals surface area contributed by atoms with Gasteiger partial charge in [-0.25, -0.2) is 0 Å². The molecule has 4 rings (SSSR count). The van der Waals surface area contributed by atoms with Crippen molar-refractivity contribution in [3.63, 3.8) is 0 Å². The van der Waals surface area contributed by atoms with Crippen LogP contribution in [0, 0.1) is 0 Å². The van der Waals surface area contributed by atoms with Crippen LogP contribution in [-0.2, 0) is 0 Å². The number of furan rings is 1. The predicted octanol–water partition coefficient (Wildman–Crippen LogP) is 4.15. The van der Waals surface area contributed by atoms with Gasteiger partial charge in [-0.1, -0.05) is 48.5 Å². The standard InChI is InChI=1S/C19H18N2OS/c23-19(20-15-10-11-15)21-18(13-6-2-1-3-7-13)17-12-14-8-4-5-9-16(14)22-17/h1-9,12,15,18H,10-11H2,(H2,20,21,23)/t18-/m1/s1. The molecule has 0 bridgehead atoms. The molecule has 1 aliphatic carbocycles. The number of fused-ring (bicyclic) bond motifs is 1. The molecule has 0 radical (unpaired) electrons. The lowest BCUT2D eigenvalue weighted by molar-refractivity contribution is 0.505. The minimum atomic E-state index is -0.0950. The third-order valence-electron chi connectivity index (χ3n) is 4.05. The van der Waals surface area contributed by atoms with Crippen molar-refractivity contribution in [1.82, 2.24) is 10.6 Å². The first-order chi connectivity index (χ1) is 11.3. The lowest BCUT2D eigenvalue weighted by atomic mass is 10.0. The molecule has 1 atom stereocenters. The van der Waals surface area contributed by atoms with Gasteiger partial charge in [-0.2, -0.15) is 0 Å². The van der Waals surface area contributed by atoms with Crippen LogP contribution in [0.3, 0.4) is 0 Å². The maximum absolute atomic E-state index is 6.06. The zero-order chi connectivity index (χ0) is 15.6. The molecule has 3 nitrogen and oxygen atoms in total. The quantitative estimate of drug-likeness (QED) is 0.708. The van der Waals surface area contributed by atoms with Crippen LogP contribution in [0.4, 0.5) is 0 Å². The van der Waals surface area contributed by atoms with Gasteiger partial charge < -0.3 is 15.1 Å². The Morgan fingerprint density at radius 2 is 1.78 bits per heavy atom. The molecule has 0 aliphatic heterocycles. The SMILES string of the molecule is S=C(NC1CC1)N[C@H](c1ccccc1)c1cc2ccccc2o1. The van der Waals surface area contributed by atoms with Crippen molar-refractivity contribution in [2.24, 2.45) is 0 Å². The van der Waals surface area contributed by atoms with E-state index in [4.69, 9.17) is 16.6 Å². The number of hydrogen-bond acceptors (Lipinski definition) is 2. The van der Waals surface area contributed by atoms with Crippen molar-refractivity contribution >= 4 is 28.3 Å². The van der Waals surface area contributed by atoms with Crippen LogP contribution in [0.2, 0.25) is 0 Å². The Morgan fingerprint density at radius 1 is 1.04 bits per heavy atom. The number of thiocarbonyl (C=S) groups is 1. The van der Waals surface area contributed by atoms with Crippen LogP contribution in [0.1, 0.15) is 30.2 Å². The van der Waals surface area contributed by atoms with E-state index in [9.17, 15) is 0 Å². The highest BCUT2D eigenvalue weighted by Crippen LogP contribution is 2.28. The molecule has 1 aromatic heterocycles. The maximum Gasteiger partial charge on any atom is 0.167 e. The van der Waals surface area contributed by atoms with Crippen molar-refractivity contribution in [3.05, 3.63) is 72.0 Å². The molecule has 4 heteroatoms. The van der Waals surface area contributed by atoms with Gasteiger partial charge in [-0.15, -0.1) is 0 Å². The fourth-order valence-electron chi connectivity index (χ4n) is 2.69. The number of nitrogens with one attached hydrogen (secondary N) is 2. The van der Waals surface area contributed by atoms with E-state index >= 15 is 0 Å². The summed E-state index contributed by atoms with van der Waals surface area (Å²) in [7, 11) is 0. The zero-order valence-electron chi connectivity index (χ0n) is 12.7. The first-order valence-electron chi connectivity index (χ1n) is 7.90. The lowest BCUT2D eigenvalue weighted by Crippen LogP contribution is -2.39. The van der Waals surface area contributed by atoms with Crippen LogP contribution < -0.4 is 10.6 Å². The Morgan fingerprint density at radius 3 is 2.52 bits per heavy atom. The summed E-state index contributed by atoms with van der Waals surface area (Å²) < 4.78 is 6.06. The van der Waals surface area contributed by atoms with Gasteiger partial charge in [0.15, 0.2) is 5.11 Å². The Labute approximate surface area is 140 Å². The van der Waals surface area contributed by atoms with E-state index in [-0.39, 0.29) is 6.04 Å². The second-order valence-corrected chi connectivity index (χ2v) is 6.33. The third kappa shape index (κ3) is 3.22. The Hall–Kier alpha value is -2.33. The number of hydrogen-bond donors (Lipinski definition) is 2. The van der Waals surface area contributed by atoms with Crippen molar-refractivity contribution in [2.75, 3.05) is 0 Å². The molecule has 23 heavy (non-hydrogen) atoms. The van der Waals surface area contributed by atoms with Crippen LogP contribution in [0.5, 0.6) is 0 Å². The number of benzene rings is 2. The van der Waals surface area contributed by atoms with Crippen molar-refractivity contribution in [2.45, 2.75) is 24.9 Å². The Bertz CT molecular complexity index is 791. The molecule has 2 aromatic carbocycles. The van der Waals surface area contributed by atoms with Gasteiger partial charge in [-0.3, -0.25) is 0 Å². The second kappa shape index (κ2) is 6.05. The van der Waals surface area contributed by atoms with Crippen molar-refractivity contribution in [3.8, 4) is 0 Å². The molecule has 116 valence electrons. The summed E-state index contributed by atoms with van der Waals surface area (Å²) in [5.74, 6) is 0.873. The van der Waals surface area contributed by atoms with E-state index in [2.05, 4.69) is 34.9 Å². The molecule has 0 spiro atoms. The van der Waals surface area contributed by atoms with Gasteiger partial charge in [0.2, 0.25) is 0 Å². The van der Waals surface area contributed by atoms with Crippen LogP contribution >= 0.6 is 12.2 Å². The van der Waals surface area contributed by atoms with Gasteiger partial charge in [0.25, 0.3) is 0 Å². The van der Waals surface area contributed by atoms with E-state index < -0.39 is 0 Å². The molecule has 2 N–H and O–H groups in total. The van der Waals surface area contributed by atoms with Crippen molar-refractivity contribution < 1.29 is 4.42 Å². The van der Waals surface area contributed by atoms with Gasteiger partial charge in [0.05, 0.1) is 0 Å². The summed E-state index contributed by atoms with van der Waals surface area (Å²) in [4.78, 5) is 0. The van der Waals surface area contributed by atoms with E-state index in [0.717, 1.165) is 22.3 Å². The van der Waals surface area contributed by atoms with Gasteiger partial charge >= 0.3 is 0 Å². The monoisotopic (exact) mass is 322 g/mol. The van der Waals surface area contributed by atoms with Crippen LogP contribution in [-0.4, -0.2) is 11.2 Å². The molecular formula is C19H18N2OS. The van der Waals surface area contributed by atoms with Gasteiger partial charge in [-0.05, 0) is 42.8 Å². The molecule has 1 saturated carbocycles. The second-order valence-electron chi connectivity index (χ2n) is 5.92. The first-order valence-corrected chi connectivity index (χ1v) is 8.31. The van der Waals surface area contributed by atoms with E-state index in [1.807, 2.05) is 36.4 Å². The van der Waals surface area contributed by atoms with Crippen LogP contribution in [0.25, 0.3) is 11.0 Å². The molecule has 3 aromatic rings. The molecular weight excluding hydrogens is 304 g/mol. The van der Waals surface area contributed by atoms with E-state index in [0.29, 0.717) is 11.2 Å². The summed E-state index contributed by atoms with van der Waals surface area (Å²) in [6.07, 6.45) is 2.39. The maximum atomic E-state index is 6.06.